The minimum Gasteiger partial charge on any atom is -0.493 e. The summed E-state index contributed by atoms with van der Waals surface area (Å²) in [6, 6.07) is 4.02. The number of benzene rings is 1. The summed E-state index contributed by atoms with van der Waals surface area (Å²) in [5.74, 6) is -0.254. The lowest BCUT2D eigenvalue weighted by Crippen LogP contribution is -2.30. The van der Waals surface area contributed by atoms with Gasteiger partial charge >= 0.3 is 0 Å². The third-order valence-electron chi connectivity index (χ3n) is 3.49. The smallest absolute Gasteiger partial charge is 0.274 e. The molecule has 0 spiro atoms. The second kappa shape index (κ2) is 5.97. The van der Waals surface area contributed by atoms with E-state index in [1.807, 2.05) is 0 Å². The molecule has 3 N–H and O–H groups in total. The second-order valence-electron chi connectivity index (χ2n) is 4.99. The first-order chi connectivity index (χ1) is 10.6. The van der Waals surface area contributed by atoms with Crippen LogP contribution in [0.3, 0.4) is 0 Å². The van der Waals surface area contributed by atoms with Crippen LogP contribution in [0.15, 0.2) is 30.6 Å². The lowest BCUT2D eigenvalue weighted by molar-refractivity contribution is 0.0930. The van der Waals surface area contributed by atoms with Crippen molar-refractivity contribution < 1.29 is 13.9 Å². The third-order valence-corrected chi connectivity index (χ3v) is 3.49. The summed E-state index contributed by atoms with van der Waals surface area (Å²) in [5.41, 5.74) is 6.49. The number of amides is 1. The van der Waals surface area contributed by atoms with Crippen LogP contribution in [0.2, 0.25) is 0 Å². The van der Waals surface area contributed by atoms with E-state index in [1.54, 1.807) is 6.07 Å². The molecule has 1 aromatic heterocycles. The summed E-state index contributed by atoms with van der Waals surface area (Å²) >= 11 is 0. The van der Waals surface area contributed by atoms with Gasteiger partial charge in [0.1, 0.15) is 11.6 Å². The van der Waals surface area contributed by atoms with Gasteiger partial charge in [-0.15, -0.1) is 0 Å². The number of nitrogens with one attached hydrogen (secondary N) is 1. The first-order valence-electron chi connectivity index (χ1n) is 6.95. The number of nitrogens with two attached hydrogens (primary N) is 1. The minimum absolute atomic E-state index is 0.0733. The van der Waals surface area contributed by atoms with E-state index in [-0.39, 0.29) is 23.4 Å². The molecule has 0 saturated heterocycles. The Morgan fingerprint density at radius 2 is 2.18 bits per heavy atom. The average Bonchev–Trinajstić information content (AvgIpc) is 2.69. The maximum absolute atomic E-state index is 13.3. The normalized spacial score (nSPS) is 17.0. The van der Waals surface area contributed by atoms with Gasteiger partial charge in [0.25, 0.3) is 5.91 Å². The molecule has 0 fully saturated rings. The highest BCUT2D eigenvalue weighted by molar-refractivity contribution is 5.96. The number of rotatable bonds is 2. The fourth-order valence-corrected chi connectivity index (χ4v) is 2.45. The van der Waals surface area contributed by atoms with Crippen LogP contribution in [-0.2, 0) is 0 Å². The minimum atomic E-state index is -0.409. The van der Waals surface area contributed by atoms with Gasteiger partial charge in [0.05, 0.1) is 12.6 Å². The van der Waals surface area contributed by atoms with E-state index in [2.05, 4.69) is 15.3 Å². The predicted molar refractivity (Wildman–Crippen MR) is 77.8 cm³/mol. The monoisotopic (exact) mass is 302 g/mol. The average molecular weight is 302 g/mol. The number of hydrogen-bond donors (Lipinski definition) is 2. The zero-order valence-corrected chi connectivity index (χ0v) is 11.8. The SMILES string of the molecule is Nc1nccnc1C(=O)NC1CCCOc2cc(F)ccc21. The second-order valence-corrected chi connectivity index (χ2v) is 4.99. The number of halogens is 1. The maximum atomic E-state index is 13.3. The third kappa shape index (κ3) is 2.83. The Hall–Kier alpha value is -2.70. The summed E-state index contributed by atoms with van der Waals surface area (Å²) in [7, 11) is 0. The molecule has 1 aliphatic heterocycles. The molecule has 0 saturated carbocycles. The van der Waals surface area contributed by atoms with Crippen LogP contribution >= 0.6 is 0 Å². The van der Waals surface area contributed by atoms with Gasteiger partial charge in [-0.25, -0.2) is 14.4 Å². The molecular formula is C15H15FN4O2. The molecule has 7 heteroatoms. The van der Waals surface area contributed by atoms with E-state index in [0.29, 0.717) is 18.8 Å². The quantitative estimate of drug-likeness (QED) is 0.883. The van der Waals surface area contributed by atoms with Crippen LogP contribution in [0.1, 0.15) is 34.9 Å². The first-order valence-corrected chi connectivity index (χ1v) is 6.95. The molecule has 0 aliphatic carbocycles. The first kappa shape index (κ1) is 14.2. The Balaban J connectivity index is 1.86. The van der Waals surface area contributed by atoms with Crippen molar-refractivity contribution in [2.24, 2.45) is 0 Å². The zero-order valence-electron chi connectivity index (χ0n) is 11.8. The van der Waals surface area contributed by atoms with Crippen LogP contribution in [0, 0.1) is 5.82 Å². The van der Waals surface area contributed by atoms with Crippen LogP contribution in [0.4, 0.5) is 10.2 Å². The molecule has 2 aromatic rings. The van der Waals surface area contributed by atoms with Crippen LogP contribution < -0.4 is 15.8 Å². The van der Waals surface area contributed by atoms with E-state index in [9.17, 15) is 9.18 Å². The van der Waals surface area contributed by atoms with E-state index in [4.69, 9.17) is 10.5 Å². The Bertz CT molecular complexity index is 708. The van der Waals surface area contributed by atoms with Crippen LogP contribution in [-0.4, -0.2) is 22.5 Å². The largest absolute Gasteiger partial charge is 0.493 e. The number of ether oxygens (including phenoxy) is 1. The summed E-state index contributed by atoms with van der Waals surface area (Å²) in [6.45, 7) is 0.482. The van der Waals surface area contributed by atoms with E-state index in [0.717, 1.165) is 12.0 Å². The van der Waals surface area contributed by atoms with Crippen molar-refractivity contribution in [3.05, 3.63) is 47.7 Å². The number of anilines is 1. The number of aromatic nitrogens is 2. The zero-order chi connectivity index (χ0) is 15.5. The van der Waals surface area contributed by atoms with Crippen molar-refractivity contribution in [3.63, 3.8) is 0 Å². The van der Waals surface area contributed by atoms with Gasteiger partial charge < -0.3 is 15.8 Å². The number of hydrogen-bond acceptors (Lipinski definition) is 5. The van der Waals surface area contributed by atoms with Crippen molar-refractivity contribution in [1.29, 1.82) is 0 Å². The fourth-order valence-electron chi connectivity index (χ4n) is 2.45. The maximum Gasteiger partial charge on any atom is 0.274 e. The number of fused-ring (bicyclic) bond motifs is 1. The summed E-state index contributed by atoms with van der Waals surface area (Å²) < 4.78 is 18.9. The molecule has 3 rings (SSSR count). The van der Waals surface area contributed by atoms with Gasteiger partial charge in [0.2, 0.25) is 0 Å². The summed E-state index contributed by atoms with van der Waals surface area (Å²) in [5, 5.41) is 2.87. The molecule has 2 heterocycles. The van der Waals surface area contributed by atoms with Gasteiger partial charge in [-0.3, -0.25) is 4.79 Å². The van der Waals surface area contributed by atoms with Gasteiger partial charge in [-0.05, 0) is 18.9 Å². The molecule has 22 heavy (non-hydrogen) atoms. The Morgan fingerprint density at radius 1 is 1.36 bits per heavy atom. The number of carbonyl (C=O) groups excluding carboxylic acids is 1. The van der Waals surface area contributed by atoms with Crippen LogP contribution in [0.5, 0.6) is 5.75 Å². The standard InChI is InChI=1S/C15H15FN4O2/c16-9-3-4-10-11(2-1-7-22-12(10)8-9)20-15(21)13-14(17)19-6-5-18-13/h3-6,8,11H,1-2,7H2,(H2,17,19)(H,20,21). The molecule has 1 atom stereocenters. The molecule has 0 radical (unpaired) electrons. The number of carbonyl (C=O) groups is 1. The van der Waals surface area contributed by atoms with Crippen LogP contribution in [0.25, 0.3) is 0 Å². The Labute approximate surface area is 126 Å². The number of nitrogens with zero attached hydrogens (tertiary/aromatic N) is 2. The highest BCUT2D eigenvalue weighted by Gasteiger charge is 2.23. The molecule has 1 aliphatic rings. The van der Waals surface area contributed by atoms with Gasteiger partial charge in [-0.1, -0.05) is 6.07 Å². The van der Waals surface area contributed by atoms with Crippen molar-refractivity contribution in [2.45, 2.75) is 18.9 Å². The predicted octanol–water partition coefficient (Wildman–Crippen LogP) is 1.84. The molecular weight excluding hydrogens is 287 g/mol. The highest BCUT2D eigenvalue weighted by Crippen LogP contribution is 2.32. The summed E-state index contributed by atoms with van der Waals surface area (Å²) in [6.07, 6.45) is 4.26. The van der Waals surface area contributed by atoms with E-state index in [1.165, 1.54) is 24.5 Å². The summed E-state index contributed by atoms with van der Waals surface area (Å²) in [4.78, 5) is 20.1. The van der Waals surface area contributed by atoms with E-state index < -0.39 is 5.91 Å². The molecule has 6 nitrogen and oxygen atoms in total. The fraction of sp³-hybridized carbons (Fsp3) is 0.267. The lowest BCUT2D eigenvalue weighted by atomic mass is 10.0. The van der Waals surface area contributed by atoms with E-state index >= 15 is 0 Å². The van der Waals surface area contributed by atoms with Crippen molar-refractivity contribution in [2.75, 3.05) is 12.3 Å². The van der Waals surface area contributed by atoms with Gasteiger partial charge in [-0.2, -0.15) is 0 Å². The molecule has 1 unspecified atom stereocenters. The highest BCUT2D eigenvalue weighted by atomic mass is 19.1. The van der Waals surface area contributed by atoms with Gasteiger partial charge in [0, 0.05) is 24.0 Å². The Kier molecular flexibility index (Phi) is 3.86. The van der Waals surface area contributed by atoms with Crippen molar-refractivity contribution in [3.8, 4) is 5.75 Å². The lowest BCUT2D eigenvalue weighted by Gasteiger charge is -2.18. The van der Waals surface area contributed by atoms with Crippen molar-refractivity contribution >= 4 is 11.7 Å². The molecule has 114 valence electrons. The molecule has 0 bridgehead atoms. The molecule has 1 amide bonds. The topological polar surface area (TPSA) is 90.1 Å². The Morgan fingerprint density at radius 3 is 3.00 bits per heavy atom. The molecule has 1 aromatic carbocycles. The number of nitrogen functional groups attached to an aromatic ring is 1. The van der Waals surface area contributed by atoms with Crippen molar-refractivity contribution in [1.82, 2.24) is 15.3 Å². The van der Waals surface area contributed by atoms with Gasteiger partial charge in [0.15, 0.2) is 11.5 Å².